The summed E-state index contributed by atoms with van der Waals surface area (Å²) in [6.45, 7) is 10.5. The summed E-state index contributed by atoms with van der Waals surface area (Å²) in [5.74, 6) is -0.305. The van der Waals surface area contributed by atoms with Gasteiger partial charge in [-0.15, -0.1) is 0 Å². The zero-order valence-electron chi connectivity index (χ0n) is 16.1. The summed E-state index contributed by atoms with van der Waals surface area (Å²) in [5.41, 5.74) is 1.73. The average molecular weight is 348 g/mol. The van der Waals surface area contributed by atoms with Crippen LogP contribution in [0.1, 0.15) is 49.0 Å². The summed E-state index contributed by atoms with van der Waals surface area (Å²) in [7, 11) is 1.37. The predicted molar refractivity (Wildman–Crippen MR) is 101 cm³/mol. The number of nitrogens with zero attached hydrogens (tertiary/aromatic N) is 2. The van der Waals surface area contributed by atoms with E-state index in [1.165, 1.54) is 7.11 Å². The minimum Gasteiger partial charge on any atom is -0.469 e. The van der Waals surface area contributed by atoms with Crippen LogP contribution in [-0.2, 0) is 9.53 Å². The molecule has 0 saturated carbocycles. The second-order valence-electron chi connectivity index (χ2n) is 6.22. The van der Waals surface area contributed by atoms with Crippen LogP contribution in [0, 0.1) is 6.92 Å². The Morgan fingerprint density at radius 1 is 1.04 bits per heavy atom. The molecule has 5 nitrogen and oxygen atoms in total. The smallest absolute Gasteiger partial charge is 0.307 e. The average Bonchev–Trinajstić information content (AvgIpc) is 2.63. The molecule has 1 rings (SSSR count). The van der Waals surface area contributed by atoms with Crippen molar-refractivity contribution in [2.24, 2.45) is 0 Å². The van der Waals surface area contributed by atoms with Crippen LogP contribution in [0.4, 0.5) is 0 Å². The van der Waals surface area contributed by atoms with Crippen LogP contribution in [0.25, 0.3) is 0 Å². The molecule has 0 bridgehead atoms. The molecule has 0 heterocycles. The number of methoxy groups -OCH3 is 1. The normalized spacial score (nSPS) is 10.8. The molecular formula is C20H32N2O3. The van der Waals surface area contributed by atoms with Crippen molar-refractivity contribution in [1.29, 1.82) is 0 Å². The number of amides is 1. The summed E-state index contributed by atoms with van der Waals surface area (Å²) in [6.07, 6.45) is 2.19. The van der Waals surface area contributed by atoms with Gasteiger partial charge in [-0.3, -0.25) is 9.59 Å². The van der Waals surface area contributed by atoms with Gasteiger partial charge in [0.05, 0.1) is 13.5 Å². The highest BCUT2D eigenvalue weighted by atomic mass is 16.5. The number of hydrogen-bond donors (Lipinski definition) is 0. The van der Waals surface area contributed by atoms with Crippen molar-refractivity contribution in [3.63, 3.8) is 0 Å². The third kappa shape index (κ3) is 7.69. The standard InChI is InChI=1S/C20H32N2O3/c1-5-21(6-2)13-7-8-14-22(15-12-19(23)25-4)20(24)18-11-9-10-17(3)16-18/h9-11,16H,5-8,12-15H2,1-4H3. The third-order valence-corrected chi connectivity index (χ3v) is 4.41. The van der Waals surface area contributed by atoms with Crippen molar-refractivity contribution in [1.82, 2.24) is 9.80 Å². The van der Waals surface area contributed by atoms with Crippen LogP contribution < -0.4 is 0 Å². The third-order valence-electron chi connectivity index (χ3n) is 4.41. The highest BCUT2D eigenvalue weighted by Gasteiger charge is 2.17. The molecule has 1 aromatic rings. The summed E-state index contributed by atoms with van der Waals surface area (Å²) >= 11 is 0. The fourth-order valence-corrected chi connectivity index (χ4v) is 2.78. The molecule has 1 aromatic carbocycles. The van der Waals surface area contributed by atoms with Crippen LogP contribution in [0.5, 0.6) is 0 Å². The number of ether oxygens (including phenoxy) is 1. The van der Waals surface area contributed by atoms with Gasteiger partial charge in [0.1, 0.15) is 0 Å². The van der Waals surface area contributed by atoms with Crippen LogP contribution in [0.2, 0.25) is 0 Å². The number of carbonyl (C=O) groups excluding carboxylic acids is 2. The summed E-state index contributed by atoms with van der Waals surface area (Å²) in [4.78, 5) is 28.4. The second kappa shape index (κ2) is 11.6. The topological polar surface area (TPSA) is 49.9 Å². The van der Waals surface area contributed by atoms with E-state index in [1.807, 2.05) is 31.2 Å². The molecular weight excluding hydrogens is 316 g/mol. The second-order valence-corrected chi connectivity index (χ2v) is 6.22. The number of rotatable bonds is 11. The Bertz CT molecular complexity index is 541. The van der Waals surface area contributed by atoms with Crippen molar-refractivity contribution >= 4 is 11.9 Å². The van der Waals surface area contributed by atoms with Crippen LogP contribution in [-0.4, -0.2) is 61.5 Å². The number of hydrogen-bond acceptors (Lipinski definition) is 4. The molecule has 0 aliphatic heterocycles. The lowest BCUT2D eigenvalue weighted by Gasteiger charge is -2.24. The quantitative estimate of drug-likeness (QED) is 0.455. The molecule has 0 aliphatic carbocycles. The molecule has 0 saturated heterocycles. The molecule has 140 valence electrons. The minimum absolute atomic E-state index is 0.0181. The maximum absolute atomic E-state index is 12.8. The first-order chi connectivity index (χ1) is 12.0. The number of aryl methyl sites for hydroxylation is 1. The van der Waals surface area contributed by atoms with E-state index >= 15 is 0 Å². The number of esters is 1. The van der Waals surface area contributed by atoms with E-state index in [0.717, 1.165) is 38.0 Å². The highest BCUT2D eigenvalue weighted by Crippen LogP contribution is 2.10. The molecule has 0 aromatic heterocycles. The Labute approximate surface area is 151 Å². The number of unbranched alkanes of at least 4 members (excludes halogenated alkanes) is 1. The minimum atomic E-state index is -0.287. The fourth-order valence-electron chi connectivity index (χ4n) is 2.78. The van der Waals surface area contributed by atoms with Gasteiger partial charge in [-0.2, -0.15) is 0 Å². The van der Waals surface area contributed by atoms with E-state index in [4.69, 9.17) is 4.74 Å². The lowest BCUT2D eigenvalue weighted by Crippen LogP contribution is -2.34. The fraction of sp³-hybridized carbons (Fsp3) is 0.600. The van der Waals surface area contributed by atoms with Gasteiger partial charge < -0.3 is 14.5 Å². The molecule has 0 fully saturated rings. The van der Waals surface area contributed by atoms with Crippen LogP contribution in [0.15, 0.2) is 24.3 Å². The molecule has 0 unspecified atom stereocenters. The van der Waals surface area contributed by atoms with Gasteiger partial charge in [0, 0.05) is 18.7 Å². The Kier molecular flexibility index (Phi) is 9.85. The maximum Gasteiger partial charge on any atom is 0.307 e. The number of benzene rings is 1. The molecule has 0 aliphatic rings. The Balaban J connectivity index is 2.65. The molecule has 0 atom stereocenters. The van der Waals surface area contributed by atoms with Crippen molar-refractivity contribution in [3.8, 4) is 0 Å². The van der Waals surface area contributed by atoms with E-state index in [0.29, 0.717) is 18.7 Å². The zero-order chi connectivity index (χ0) is 18.7. The summed E-state index contributed by atoms with van der Waals surface area (Å²) < 4.78 is 4.71. The van der Waals surface area contributed by atoms with E-state index in [2.05, 4.69) is 18.7 Å². The molecule has 25 heavy (non-hydrogen) atoms. The van der Waals surface area contributed by atoms with E-state index in [-0.39, 0.29) is 18.3 Å². The van der Waals surface area contributed by atoms with E-state index in [1.54, 1.807) is 4.90 Å². The first-order valence-electron chi connectivity index (χ1n) is 9.16. The first kappa shape index (κ1) is 21.2. The van der Waals surface area contributed by atoms with Gasteiger partial charge in [0.15, 0.2) is 0 Å². The van der Waals surface area contributed by atoms with Crippen molar-refractivity contribution < 1.29 is 14.3 Å². The van der Waals surface area contributed by atoms with Gasteiger partial charge in [0.25, 0.3) is 5.91 Å². The van der Waals surface area contributed by atoms with Crippen molar-refractivity contribution in [2.45, 2.75) is 40.0 Å². The monoisotopic (exact) mass is 348 g/mol. The molecule has 0 radical (unpaired) electrons. The van der Waals surface area contributed by atoms with Crippen LogP contribution in [0.3, 0.4) is 0 Å². The van der Waals surface area contributed by atoms with Crippen molar-refractivity contribution in [3.05, 3.63) is 35.4 Å². The Morgan fingerprint density at radius 3 is 2.32 bits per heavy atom. The Morgan fingerprint density at radius 2 is 1.72 bits per heavy atom. The lowest BCUT2D eigenvalue weighted by atomic mass is 10.1. The first-order valence-corrected chi connectivity index (χ1v) is 9.16. The van der Waals surface area contributed by atoms with Gasteiger partial charge in [0.2, 0.25) is 0 Å². The van der Waals surface area contributed by atoms with E-state index in [9.17, 15) is 9.59 Å². The van der Waals surface area contributed by atoms with Crippen LogP contribution >= 0.6 is 0 Å². The maximum atomic E-state index is 12.8. The Hall–Kier alpha value is -1.88. The van der Waals surface area contributed by atoms with E-state index < -0.39 is 0 Å². The summed E-state index contributed by atoms with van der Waals surface area (Å²) in [5, 5.41) is 0. The molecule has 1 amide bonds. The predicted octanol–water partition coefficient (Wildman–Crippen LogP) is 3.12. The summed E-state index contributed by atoms with van der Waals surface area (Å²) in [6, 6.07) is 7.58. The zero-order valence-corrected chi connectivity index (χ0v) is 16.1. The van der Waals surface area contributed by atoms with Gasteiger partial charge in [-0.25, -0.2) is 0 Å². The molecule has 5 heteroatoms. The SMILES string of the molecule is CCN(CC)CCCCN(CCC(=O)OC)C(=O)c1cccc(C)c1. The largest absolute Gasteiger partial charge is 0.469 e. The lowest BCUT2D eigenvalue weighted by molar-refractivity contribution is -0.140. The van der Waals surface area contributed by atoms with Gasteiger partial charge >= 0.3 is 5.97 Å². The van der Waals surface area contributed by atoms with Gasteiger partial charge in [-0.1, -0.05) is 31.5 Å². The molecule has 0 N–H and O–H groups in total. The van der Waals surface area contributed by atoms with Crippen molar-refractivity contribution in [2.75, 3.05) is 39.8 Å². The van der Waals surface area contributed by atoms with Gasteiger partial charge in [-0.05, 0) is 51.5 Å². The molecule has 0 spiro atoms. The highest BCUT2D eigenvalue weighted by molar-refractivity contribution is 5.94. The number of carbonyl (C=O) groups is 2.